The Labute approximate surface area is 342 Å². The predicted molar refractivity (Wildman–Crippen MR) is 227 cm³/mol. The Balaban J connectivity index is 2.09. The summed E-state index contributed by atoms with van der Waals surface area (Å²) in [7, 11) is 1.29. The zero-order chi connectivity index (χ0) is 43.2. The fraction of sp³-hybridized carbons (Fsp3) is 0.477. The van der Waals surface area contributed by atoms with E-state index in [2.05, 4.69) is 16.0 Å². The van der Waals surface area contributed by atoms with Crippen molar-refractivity contribution >= 4 is 46.8 Å². The lowest BCUT2D eigenvalue weighted by Gasteiger charge is -2.22. The van der Waals surface area contributed by atoms with E-state index >= 15 is 0 Å². The number of rotatable bonds is 20. The highest BCUT2D eigenvalue weighted by Crippen LogP contribution is 2.36. The Morgan fingerprint density at radius 3 is 1.97 bits per heavy atom. The van der Waals surface area contributed by atoms with Crippen LogP contribution in [0.25, 0.3) is 0 Å². The van der Waals surface area contributed by atoms with Gasteiger partial charge in [-0.1, -0.05) is 27.2 Å². The molecule has 1 unspecified atom stereocenters. The van der Waals surface area contributed by atoms with Gasteiger partial charge in [0, 0.05) is 17.5 Å². The molecule has 3 aromatic carbocycles. The zero-order valence-electron chi connectivity index (χ0n) is 35.6. The molecule has 58 heavy (non-hydrogen) atoms. The van der Waals surface area contributed by atoms with E-state index in [0.717, 1.165) is 6.42 Å². The number of nitrogens with two attached hydrogens (primary N) is 1. The highest BCUT2D eigenvalue weighted by Gasteiger charge is 2.23. The maximum atomic E-state index is 14.1. The molecule has 0 aliphatic carbocycles. The van der Waals surface area contributed by atoms with E-state index in [1.54, 1.807) is 63.2 Å². The van der Waals surface area contributed by atoms with E-state index in [0.29, 0.717) is 72.8 Å². The van der Waals surface area contributed by atoms with Crippen molar-refractivity contribution in [3.8, 4) is 17.2 Å². The first-order valence-electron chi connectivity index (χ1n) is 19.7. The van der Waals surface area contributed by atoms with E-state index in [4.69, 9.17) is 34.8 Å². The quantitative estimate of drug-likeness (QED) is 0.0317. The van der Waals surface area contributed by atoms with Crippen LogP contribution in [0.2, 0.25) is 0 Å². The molecular formula is C44H61N5O9. The smallest absolute Gasteiger partial charge is 0.412 e. The molecule has 0 saturated carbocycles. The van der Waals surface area contributed by atoms with Gasteiger partial charge in [-0.25, -0.2) is 9.59 Å². The Morgan fingerprint density at radius 2 is 1.36 bits per heavy atom. The third kappa shape index (κ3) is 14.9. The number of hydrogen-bond donors (Lipinski definition) is 5. The molecule has 3 aromatic rings. The molecule has 1 atom stereocenters. The summed E-state index contributed by atoms with van der Waals surface area (Å²) in [4.78, 5) is 53.1. The number of amides is 3. The third-order valence-electron chi connectivity index (χ3n) is 8.45. The van der Waals surface area contributed by atoms with Crippen LogP contribution in [0.15, 0.2) is 48.5 Å². The fourth-order valence-corrected chi connectivity index (χ4v) is 5.50. The number of anilines is 3. The van der Waals surface area contributed by atoms with Crippen LogP contribution in [0.1, 0.15) is 131 Å². The van der Waals surface area contributed by atoms with Gasteiger partial charge in [0.15, 0.2) is 0 Å². The van der Waals surface area contributed by atoms with Gasteiger partial charge in [0.1, 0.15) is 22.8 Å². The number of carbonyl (C=O) groups is 4. The van der Waals surface area contributed by atoms with Gasteiger partial charge in [-0.2, -0.15) is 0 Å². The normalized spacial score (nSPS) is 11.7. The average Bonchev–Trinajstić information content (AvgIpc) is 3.14. The summed E-state index contributed by atoms with van der Waals surface area (Å²) in [6.45, 7) is 17.1. The number of esters is 1. The van der Waals surface area contributed by atoms with Gasteiger partial charge in [-0.05, 0) is 127 Å². The Kier molecular flexibility index (Phi) is 17.4. The molecule has 0 spiro atoms. The van der Waals surface area contributed by atoms with Crippen LogP contribution in [0.4, 0.5) is 21.9 Å². The minimum Gasteiger partial charge on any atom is -0.491 e. The van der Waals surface area contributed by atoms with Crippen molar-refractivity contribution in [3.63, 3.8) is 0 Å². The Morgan fingerprint density at radius 1 is 0.759 bits per heavy atom. The van der Waals surface area contributed by atoms with Crippen LogP contribution in [-0.4, -0.2) is 61.2 Å². The number of methoxy groups -OCH3 is 1. The van der Waals surface area contributed by atoms with Crippen molar-refractivity contribution < 1.29 is 42.9 Å². The first-order chi connectivity index (χ1) is 27.3. The summed E-state index contributed by atoms with van der Waals surface area (Å²) in [5, 5.41) is 16.3. The third-order valence-corrected chi connectivity index (χ3v) is 8.45. The van der Waals surface area contributed by atoms with Crippen molar-refractivity contribution in [1.82, 2.24) is 0 Å². The first kappa shape index (κ1) is 46.6. The van der Waals surface area contributed by atoms with Crippen LogP contribution in [0, 0.1) is 11.3 Å². The maximum Gasteiger partial charge on any atom is 0.412 e. The molecule has 0 heterocycles. The van der Waals surface area contributed by atoms with E-state index in [-0.39, 0.29) is 46.4 Å². The predicted octanol–water partition coefficient (Wildman–Crippen LogP) is 9.36. The number of benzene rings is 3. The van der Waals surface area contributed by atoms with Gasteiger partial charge >= 0.3 is 12.1 Å². The van der Waals surface area contributed by atoms with Crippen LogP contribution in [-0.2, 0) is 15.9 Å². The standard InChI is InChI=1S/C44H61N5O9/c1-11-28(6)57-36-23-31(42(52)54-10)18-20-33(36)47-41(51)32-21-29(15-13-12-14-16-38(45)46)39(37(24-32)55-25-26(2)3)49-40(50)30-17-19-34(35(22-30)56-27(4)5)48-43(53)58-44(7,8)9/h17-24,26-28H,11-16,25H2,1-10H3,(H3,45,46)(H,47,51)(H,48,53)(H,49,50). The summed E-state index contributed by atoms with van der Waals surface area (Å²) >= 11 is 0. The Bertz CT molecular complexity index is 1920. The molecule has 14 nitrogen and oxygen atoms in total. The molecule has 316 valence electrons. The number of ether oxygens (including phenoxy) is 5. The second-order valence-corrected chi connectivity index (χ2v) is 15.8. The van der Waals surface area contributed by atoms with Crippen molar-refractivity contribution in [2.75, 3.05) is 29.7 Å². The topological polar surface area (TPSA) is 200 Å². The van der Waals surface area contributed by atoms with Crippen LogP contribution >= 0.6 is 0 Å². The lowest BCUT2D eigenvalue weighted by atomic mass is 9.99. The van der Waals surface area contributed by atoms with Crippen LogP contribution in [0.3, 0.4) is 0 Å². The summed E-state index contributed by atoms with van der Waals surface area (Å²) in [5.74, 6) is -0.365. The van der Waals surface area contributed by atoms with Gasteiger partial charge in [0.05, 0.1) is 54.4 Å². The van der Waals surface area contributed by atoms with Crippen molar-refractivity contribution in [3.05, 3.63) is 70.8 Å². The van der Waals surface area contributed by atoms with E-state index in [1.165, 1.54) is 13.2 Å². The van der Waals surface area contributed by atoms with Gasteiger partial charge in [0.2, 0.25) is 0 Å². The molecule has 0 aliphatic rings. The first-order valence-corrected chi connectivity index (χ1v) is 19.7. The van der Waals surface area contributed by atoms with Crippen LogP contribution in [0.5, 0.6) is 17.2 Å². The highest BCUT2D eigenvalue weighted by atomic mass is 16.6. The lowest BCUT2D eigenvalue weighted by Crippen LogP contribution is -2.27. The molecule has 0 bridgehead atoms. The molecule has 0 radical (unpaired) electrons. The molecular weight excluding hydrogens is 743 g/mol. The molecule has 0 fully saturated rings. The summed E-state index contributed by atoms with van der Waals surface area (Å²) in [6, 6.07) is 12.7. The minimum absolute atomic E-state index is 0.111. The lowest BCUT2D eigenvalue weighted by molar-refractivity contribution is 0.0597. The monoisotopic (exact) mass is 803 g/mol. The van der Waals surface area contributed by atoms with E-state index < -0.39 is 29.5 Å². The van der Waals surface area contributed by atoms with Crippen molar-refractivity contribution in [2.24, 2.45) is 11.7 Å². The summed E-state index contributed by atoms with van der Waals surface area (Å²) < 4.78 is 28.7. The molecule has 0 aromatic heterocycles. The number of hydrogen-bond acceptors (Lipinski definition) is 10. The largest absolute Gasteiger partial charge is 0.491 e. The SMILES string of the molecule is CCC(C)Oc1cc(C(=O)OC)ccc1NC(=O)c1cc(CCCCCC(=N)N)c(NC(=O)c2ccc(NC(=O)OC(C)(C)C)c(OC(C)C)c2)c(OCC(C)C)c1. The highest BCUT2D eigenvalue weighted by molar-refractivity contribution is 6.09. The molecule has 14 heteroatoms. The zero-order valence-corrected chi connectivity index (χ0v) is 35.6. The van der Waals surface area contributed by atoms with Gasteiger partial charge in [-0.3, -0.25) is 20.3 Å². The number of amidine groups is 1. The molecule has 6 N–H and O–H groups in total. The number of nitrogens with one attached hydrogen (secondary N) is 4. The number of unbranched alkanes of at least 4 members (excludes halogenated alkanes) is 2. The molecule has 3 rings (SSSR count). The molecule has 0 aliphatic heterocycles. The van der Waals surface area contributed by atoms with Gasteiger partial charge < -0.3 is 40.1 Å². The van der Waals surface area contributed by atoms with Gasteiger partial charge in [-0.15, -0.1) is 0 Å². The minimum atomic E-state index is -0.721. The maximum absolute atomic E-state index is 14.1. The average molecular weight is 804 g/mol. The Hall–Kier alpha value is -5.79. The van der Waals surface area contributed by atoms with E-state index in [9.17, 15) is 19.2 Å². The van der Waals surface area contributed by atoms with E-state index in [1.807, 2.05) is 41.5 Å². The summed E-state index contributed by atoms with van der Waals surface area (Å²) in [6.07, 6.45) is 2.59. The number of carbonyl (C=O) groups excluding carboxylic acids is 4. The molecule has 0 saturated heterocycles. The summed E-state index contributed by atoms with van der Waals surface area (Å²) in [5.41, 5.74) is 7.41. The van der Waals surface area contributed by atoms with Gasteiger partial charge in [0.25, 0.3) is 11.8 Å². The van der Waals surface area contributed by atoms with Crippen molar-refractivity contribution in [1.29, 1.82) is 5.41 Å². The number of aryl methyl sites for hydroxylation is 1. The second-order valence-electron chi connectivity index (χ2n) is 15.8. The van der Waals surface area contributed by atoms with Crippen LogP contribution < -0.4 is 35.9 Å². The second kappa shape index (κ2) is 21.7. The molecule has 3 amide bonds. The van der Waals surface area contributed by atoms with Crippen molar-refractivity contribution in [2.45, 2.75) is 119 Å². The fourth-order valence-electron chi connectivity index (χ4n) is 5.50.